The second kappa shape index (κ2) is 8.58. The van der Waals surface area contributed by atoms with Gasteiger partial charge in [-0.25, -0.2) is 9.97 Å². The summed E-state index contributed by atoms with van der Waals surface area (Å²) >= 11 is 5.94. The molecule has 0 spiro atoms. The number of alkyl halides is 3. The van der Waals surface area contributed by atoms with Crippen molar-refractivity contribution in [1.29, 1.82) is 0 Å². The van der Waals surface area contributed by atoms with Crippen LogP contribution in [0.5, 0.6) is 5.75 Å². The smallest absolute Gasteiger partial charge is 0.433 e. The third-order valence-electron chi connectivity index (χ3n) is 5.17. The van der Waals surface area contributed by atoms with Crippen LogP contribution in [0.4, 0.5) is 24.8 Å². The van der Waals surface area contributed by atoms with Crippen molar-refractivity contribution >= 4 is 29.0 Å². The number of halogens is 4. The van der Waals surface area contributed by atoms with Crippen molar-refractivity contribution < 1.29 is 17.9 Å². The predicted octanol–water partition coefficient (Wildman–Crippen LogP) is 5.71. The topological polar surface area (TPSA) is 82.2 Å². The van der Waals surface area contributed by atoms with Gasteiger partial charge < -0.3 is 14.6 Å². The molecule has 0 saturated carbocycles. The fourth-order valence-electron chi connectivity index (χ4n) is 3.54. The third kappa shape index (κ3) is 4.50. The maximum Gasteiger partial charge on any atom is 0.433 e. The average Bonchev–Trinajstić information content (AvgIpc) is 3.44. The monoisotopic (exact) mass is 499 g/mol. The second-order valence-electron chi connectivity index (χ2n) is 7.61. The van der Waals surface area contributed by atoms with Crippen molar-refractivity contribution in [2.45, 2.75) is 13.1 Å². The molecule has 5 rings (SSSR count). The van der Waals surface area contributed by atoms with Crippen molar-refractivity contribution in [3.63, 3.8) is 0 Å². The molecule has 3 aromatic heterocycles. The number of fused-ring (bicyclic) bond motifs is 1. The number of aromatic nitrogens is 6. The number of nitrogens with one attached hydrogen (secondary N) is 1. The molecule has 0 aliphatic rings. The second-order valence-corrected chi connectivity index (χ2v) is 8.05. The van der Waals surface area contributed by atoms with Crippen LogP contribution in [0.1, 0.15) is 11.4 Å². The van der Waals surface area contributed by atoms with Crippen LogP contribution < -0.4 is 10.1 Å². The number of benzene rings is 2. The molecule has 0 fully saturated rings. The molecular formula is C23H17ClF3N7O. The summed E-state index contributed by atoms with van der Waals surface area (Å²) in [5, 5.41) is 7.81. The standard InChI is InChI=1S/C23H17ClF3N7O/c1-13-11-33(12-28-13)17-8-7-16(9-19(17)35-2)29-21-31-22-30-20(23(25,26)27)10-18(34(22)32-21)14-3-5-15(24)6-4-14/h3-12H,1-2H3,(H,29,32). The van der Waals surface area contributed by atoms with E-state index >= 15 is 0 Å². The van der Waals surface area contributed by atoms with E-state index in [4.69, 9.17) is 16.3 Å². The van der Waals surface area contributed by atoms with Crippen LogP contribution in [0, 0.1) is 6.92 Å². The molecule has 5 aromatic rings. The Morgan fingerprint density at radius 1 is 1.03 bits per heavy atom. The summed E-state index contributed by atoms with van der Waals surface area (Å²) in [4.78, 5) is 12.1. The van der Waals surface area contributed by atoms with E-state index in [2.05, 4.69) is 25.4 Å². The molecular weight excluding hydrogens is 483 g/mol. The number of hydrogen-bond acceptors (Lipinski definition) is 6. The molecule has 8 nitrogen and oxygen atoms in total. The number of ether oxygens (including phenoxy) is 1. The Bertz CT molecular complexity index is 1530. The molecule has 0 radical (unpaired) electrons. The zero-order chi connectivity index (χ0) is 24.7. The van der Waals surface area contributed by atoms with E-state index < -0.39 is 11.9 Å². The zero-order valence-corrected chi connectivity index (χ0v) is 19.1. The first-order valence-corrected chi connectivity index (χ1v) is 10.7. The maximum absolute atomic E-state index is 13.5. The maximum atomic E-state index is 13.5. The van der Waals surface area contributed by atoms with E-state index in [9.17, 15) is 13.2 Å². The van der Waals surface area contributed by atoms with E-state index in [0.29, 0.717) is 22.0 Å². The van der Waals surface area contributed by atoms with Gasteiger partial charge in [-0.1, -0.05) is 23.7 Å². The quantitative estimate of drug-likeness (QED) is 0.333. The molecule has 0 amide bonds. The lowest BCUT2D eigenvalue weighted by molar-refractivity contribution is -0.141. The van der Waals surface area contributed by atoms with Crippen LogP contribution in [0.15, 0.2) is 61.1 Å². The Labute approximate surface area is 202 Å². The van der Waals surface area contributed by atoms with E-state index in [-0.39, 0.29) is 17.4 Å². The zero-order valence-electron chi connectivity index (χ0n) is 18.4. The Kier molecular flexibility index (Phi) is 5.56. The molecule has 12 heteroatoms. The van der Waals surface area contributed by atoms with Gasteiger partial charge in [0.1, 0.15) is 5.75 Å². The summed E-state index contributed by atoms with van der Waals surface area (Å²) in [6.07, 6.45) is -1.12. The van der Waals surface area contributed by atoms with Gasteiger partial charge in [0.15, 0.2) is 5.69 Å². The van der Waals surface area contributed by atoms with Gasteiger partial charge >= 0.3 is 6.18 Å². The third-order valence-corrected chi connectivity index (χ3v) is 5.42. The highest BCUT2D eigenvalue weighted by Gasteiger charge is 2.34. The fourth-order valence-corrected chi connectivity index (χ4v) is 3.67. The van der Waals surface area contributed by atoms with E-state index in [1.165, 1.54) is 11.6 Å². The SMILES string of the molecule is COc1cc(Nc2nc3nc(C(F)(F)F)cc(-c4ccc(Cl)cc4)n3n2)ccc1-n1cnc(C)c1. The highest BCUT2D eigenvalue weighted by atomic mass is 35.5. The Hall–Kier alpha value is -4.12. The van der Waals surface area contributed by atoms with Crippen molar-refractivity contribution in [3.8, 4) is 22.7 Å². The van der Waals surface area contributed by atoms with E-state index in [1.807, 2.05) is 23.8 Å². The van der Waals surface area contributed by atoms with Gasteiger partial charge in [0.05, 0.1) is 30.5 Å². The summed E-state index contributed by atoms with van der Waals surface area (Å²) in [6.45, 7) is 1.88. The summed E-state index contributed by atoms with van der Waals surface area (Å²) in [5.41, 5.74) is 1.76. The molecule has 0 saturated heterocycles. The average molecular weight is 500 g/mol. The lowest BCUT2D eigenvalue weighted by atomic mass is 10.1. The molecule has 0 aliphatic carbocycles. The summed E-state index contributed by atoms with van der Waals surface area (Å²) < 4.78 is 49.1. The van der Waals surface area contributed by atoms with E-state index in [0.717, 1.165) is 17.4 Å². The van der Waals surface area contributed by atoms with Gasteiger partial charge in [-0.05, 0) is 37.3 Å². The molecule has 35 heavy (non-hydrogen) atoms. The first-order chi connectivity index (χ1) is 16.7. The molecule has 2 aromatic carbocycles. The number of anilines is 2. The number of rotatable bonds is 5. The first kappa shape index (κ1) is 22.7. The number of methoxy groups -OCH3 is 1. The van der Waals surface area contributed by atoms with Crippen LogP contribution in [-0.2, 0) is 6.18 Å². The summed E-state index contributed by atoms with van der Waals surface area (Å²) in [6, 6.07) is 12.6. The van der Waals surface area contributed by atoms with Crippen molar-refractivity contribution in [2.24, 2.45) is 0 Å². The highest BCUT2D eigenvalue weighted by Crippen LogP contribution is 2.33. The van der Waals surface area contributed by atoms with Gasteiger partial charge in [0, 0.05) is 28.5 Å². The van der Waals surface area contributed by atoms with Gasteiger partial charge in [-0.3, -0.25) is 0 Å². The Balaban J connectivity index is 1.55. The minimum Gasteiger partial charge on any atom is -0.494 e. The fraction of sp³-hybridized carbons (Fsp3) is 0.130. The number of nitrogens with zero attached hydrogens (tertiary/aromatic N) is 6. The predicted molar refractivity (Wildman–Crippen MR) is 124 cm³/mol. The van der Waals surface area contributed by atoms with Gasteiger partial charge in [0.25, 0.3) is 5.78 Å². The Morgan fingerprint density at radius 2 is 1.80 bits per heavy atom. The van der Waals surface area contributed by atoms with Gasteiger partial charge in [-0.2, -0.15) is 22.7 Å². The highest BCUT2D eigenvalue weighted by molar-refractivity contribution is 6.30. The normalized spacial score (nSPS) is 11.7. The number of imidazole rings is 1. The largest absolute Gasteiger partial charge is 0.494 e. The first-order valence-electron chi connectivity index (χ1n) is 10.3. The van der Waals surface area contributed by atoms with Crippen LogP contribution in [0.3, 0.4) is 0 Å². The van der Waals surface area contributed by atoms with Gasteiger partial charge in [-0.15, -0.1) is 5.10 Å². The van der Waals surface area contributed by atoms with E-state index in [1.54, 1.807) is 42.7 Å². The summed E-state index contributed by atoms with van der Waals surface area (Å²) in [7, 11) is 1.54. The van der Waals surface area contributed by atoms with Crippen LogP contribution in [-0.4, -0.2) is 36.2 Å². The lowest BCUT2D eigenvalue weighted by Gasteiger charge is -2.11. The van der Waals surface area contributed by atoms with Crippen LogP contribution in [0.2, 0.25) is 5.02 Å². The van der Waals surface area contributed by atoms with Crippen LogP contribution in [0.25, 0.3) is 22.7 Å². The molecule has 0 aliphatic heterocycles. The lowest BCUT2D eigenvalue weighted by Crippen LogP contribution is -2.11. The van der Waals surface area contributed by atoms with Crippen molar-refractivity contribution in [1.82, 2.24) is 29.1 Å². The molecule has 0 unspecified atom stereocenters. The Morgan fingerprint density at radius 3 is 2.46 bits per heavy atom. The molecule has 0 bridgehead atoms. The van der Waals surface area contributed by atoms with Crippen molar-refractivity contribution in [3.05, 3.63) is 77.5 Å². The molecule has 3 heterocycles. The van der Waals surface area contributed by atoms with Gasteiger partial charge in [0.2, 0.25) is 5.95 Å². The molecule has 1 N–H and O–H groups in total. The summed E-state index contributed by atoms with van der Waals surface area (Å²) in [5.74, 6) is 0.417. The molecule has 178 valence electrons. The van der Waals surface area contributed by atoms with Crippen LogP contribution >= 0.6 is 11.6 Å². The molecule has 0 atom stereocenters. The number of aryl methyl sites for hydroxylation is 1. The van der Waals surface area contributed by atoms with Crippen molar-refractivity contribution in [2.75, 3.05) is 12.4 Å². The minimum atomic E-state index is -4.66. The minimum absolute atomic E-state index is 0.0697. The number of hydrogen-bond donors (Lipinski definition) is 1.